The Hall–Kier alpha value is -1.04. The fourth-order valence-corrected chi connectivity index (χ4v) is 8.62. The average Bonchev–Trinajstić information content (AvgIpc) is 3.33. The van der Waals surface area contributed by atoms with Crippen molar-refractivity contribution in [1.82, 2.24) is 9.15 Å². The number of aromatic hydroxyl groups is 2. The van der Waals surface area contributed by atoms with E-state index in [1.807, 2.05) is 0 Å². The molecule has 0 bridgehead atoms. The van der Waals surface area contributed by atoms with Crippen molar-refractivity contribution in [2.75, 3.05) is 52.6 Å². The number of fused-ring (bicyclic) bond motifs is 2. The number of ether oxygens (including phenoxy) is 2. The van der Waals surface area contributed by atoms with Gasteiger partial charge in [-0.25, -0.2) is 9.15 Å². The molecule has 26 heavy (non-hydrogen) atoms. The minimum Gasteiger partial charge on any atom is -0.505 e. The second kappa shape index (κ2) is 6.84. The van der Waals surface area contributed by atoms with Crippen LogP contribution in [0.25, 0.3) is 18.8 Å². The lowest BCUT2D eigenvalue weighted by Crippen LogP contribution is -2.37. The Bertz CT molecular complexity index is 972. The van der Waals surface area contributed by atoms with Crippen LogP contribution in [0.15, 0.2) is 0 Å². The van der Waals surface area contributed by atoms with E-state index in [0.717, 1.165) is 79.4 Å². The van der Waals surface area contributed by atoms with Crippen LogP contribution in [0.2, 0.25) is 0 Å². The summed E-state index contributed by atoms with van der Waals surface area (Å²) in [5.41, 5.74) is 0. The maximum absolute atomic E-state index is 10.9. The van der Waals surface area contributed by atoms with Gasteiger partial charge in [-0.05, 0) is 0 Å². The highest BCUT2D eigenvalue weighted by atomic mass is 32.2. The molecule has 2 aliphatic rings. The van der Waals surface area contributed by atoms with E-state index in [-0.39, 0.29) is 0 Å². The van der Waals surface area contributed by atoms with Crippen LogP contribution < -0.4 is 17.1 Å². The summed E-state index contributed by atoms with van der Waals surface area (Å²) in [6, 6.07) is 0. The first-order chi connectivity index (χ1) is 12.7. The fourth-order valence-electron chi connectivity index (χ4n) is 3.16. The molecule has 2 N–H and O–H groups in total. The number of phenolic OH excluding ortho intramolecular Hbond substituents is 2. The molecule has 2 aromatic heterocycles. The highest BCUT2D eigenvalue weighted by Gasteiger charge is 2.24. The van der Waals surface area contributed by atoms with Crippen LogP contribution in [0, 0.1) is 0 Å². The third-order valence-electron chi connectivity index (χ3n) is 4.57. The number of benzene rings is 1. The molecule has 2 saturated heterocycles. The van der Waals surface area contributed by atoms with E-state index in [9.17, 15) is 10.2 Å². The van der Waals surface area contributed by atoms with Gasteiger partial charge in [-0.1, -0.05) is 45.3 Å². The summed E-state index contributed by atoms with van der Waals surface area (Å²) in [6.07, 6.45) is 0. The summed E-state index contributed by atoms with van der Waals surface area (Å²) >= 11 is 6.24. The Kier molecular flexibility index (Phi) is 4.50. The number of hydrogen-bond donors (Lipinski definition) is 2. The SMILES string of the molecule is Oc1c2sc(=[N+]3CCOCC3)sc2c(O)c2sc(=[N+]3CCOCC3)sc12. The number of phenols is 2. The first kappa shape index (κ1) is 17.1. The molecule has 1 aromatic carbocycles. The predicted molar refractivity (Wildman–Crippen MR) is 108 cm³/mol. The average molecular weight is 431 g/mol. The van der Waals surface area contributed by atoms with E-state index >= 15 is 0 Å². The monoisotopic (exact) mass is 430 g/mol. The number of rotatable bonds is 0. The molecule has 0 atom stereocenters. The number of morpholine rings is 2. The van der Waals surface area contributed by atoms with Crippen LogP contribution in [-0.4, -0.2) is 62.8 Å². The molecular weight excluding hydrogens is 412 g/mol. The fraction of sp³-hybridized carbons (Fsp3) is 0.500. The Morgan fingerprint density at radius 1 is 0.577 bits per heavy atom. The molecule has 0 aliphatic carbocycles. The van der Waals surface area contributed by atoms with E-state index in [0.29, 0.717) is 11.5 Å². The molecule has 0 spiro atoms. The quantitative estimate of drug-likeness (QED) is 0.416. The van der Waals surface area contributed by atoms with E-state index in [1.54, 1.807) is 45.3 Å². The minimum atomic E-state index is 0.300. The maximum Gasteiger partial charge on any atom is 0.315 e. The van der Waals surface area contributed by atoms with Gasteiger partial charge in [0.2, 0.25) is 0 Å². The van der Waals surface area contributed by atoms with Gasteiger partial charge in [0.15, 0.2) is 37.7 Å². The zero-order chi connectivity index (χ0) is 17.7. The standard InChI is InChI=1S/C16H16N2O4S4/c19-9-11-12(24-15(23-11)17-1-5-21-6-2-17)10(20)14-13(9)25-16(26-14)18-3-7-22-8-4-18/h1-8H2/p+2. The molecule has 3 aromatic rings. The third kappa shape index (κ3) is 2.79. The van der Waals surface area contributed by atoms with Gasteiger partial charge in [-0.15, -0.1) is 0 Å². The van der Waals surface area contributed by atoms with Crippen LogP contribution in [0.4, 0.5) is 0 Å². The van der Waals surface area contributed by atoms with E-state index in [4.69, 9.17) is 9.47 Å². The topological polar surface area (TPSA) is 64.9 Å². The minimum absolute atomic E-state index is 0.300. The first-order valence-corrected chi connectivity index (χ1v) is 11.7. The first-order valence-electron chi connectivity index (χ1n) is 8.45. The highest BCUT2D eigenvalue weighted by Crippen LogP contribution is 2.46. The summed E-state index contributed by atoms with van der Waals surface area (Å²) in [5.74, 6) is 0.601. The van der Waals surface area contributed by atoms with Crippen molar-refractivity contribution in [2.45, 2.75) is 0 Å². The molecular formula is C16H18N2O4S4+2. The van der Waals surface area contributed by atoms with Gasteiger partial charge in [0.1, 0.15) is 26.4 Å². The van der Waals surface area contributed by atoms with Gasteiger partial charge in [0, 0.05) is 0 Å². The molecule has 0 amide bonds. The smallest absolute Gasteiger partial charge is 0.315 e. The van der Waals surface area contributed by atoms with Crippen LogP contribution in [0.5, 0.6) is 11.5 Å². The summed E-state index contributed by atoms with van der Waals surface area (Å²) in [5, 5.41) is 21.8. The van der Waals surface area contributed by atoms with E-state index < -0.39 is 0 Å². The van der Waals surface area contributed by atoms with E-state index in [2.05, 4.69) is 9.15 Å². The van der Waals surface area contributed by atoms with Gasteiger partial charge < -0.3 is 19.7 Å². The lowest BCUT2D eigenvalue weighted by molar-refractivity contribution is 0.0975. The molecule has 6 nitrogen and oxygen atoms in total. The zero-order valence-corrected chi connectivity index (χ0v) is 17.2. The molecule has 10 heteroatoms. The van der Waals surface area contributed by atoms with Crippen LogP contribution in [0.3, 0.4) is 0 Å². The molecule has 2 aliphatic heterocycles. The largest absolute Gasteiger partial charge is 0.505 e. The second-order valence-electron chi connectivity index (χ2n) is 6.15. The summed E-state index contributed by atoms with van der Waals surface area (Å²) in [7, 11) is 0. The molecule has 0 saturated carbocycles. The van der Waals surface area contributed by atoms with Crippen molar-refractivity contribution in [3.05, 3.63) is 7.97 Å². The van der Waals surface area contributed by atoms with Crippen LogP contribution >= 0.6 is 45.3 Å². The van der Waals surface area contributed by atoms with Gasteiger partial charge in [0.25, 0.3) is 0 Å². The summed E-state index contributed by atoms with van der Waals surface area (Å²) in [4.78, 5) is 0. The van der Waals surface area contributed by atoms with Gasteiger partial charge in [-0.3, -0.25) is 0 Å². The van der Waals surface area contributed by atoms with Crippen LogP contribution in [0.1, 0.15) is 0 Å². The van der Waals surface area contributed by atoms with Crippen LogP contribution in [-0.2, 0) is 9.47 Å². The second-order valence-corrected chi connectivity index (χ2v) is 10.7. The normalized spacial score (nSPS) is 18.9. The van der Waals surface area contributed by atoms with Crippen molar-refractivity contribution in [3.8, 4) is 11.5 Å². The molecule has 4 heterocycles. The van der Waals surface area contributed by atoms with Gasteiger partial charge >= 0.3 is 7.97 Å². The van der Waals surface area contributed by atoms with Crippen molar-refractivity contribution in [1.29, 1.82) is 0 Å². The maximum atomic E-state index is 10.9. The lowest BCUT2D eigenvalue weighted by Gasteiger charge is -2.08. The van der Waals surface area contributed by atoms with Crippen molar-refractivity contribution in [3.63, 3.8) is 0 Å². The summed E-state index contributed by atoms with van der Waals surface area (Å²) < 4.78 is 20.7. The lowest BCUT2D eigenvalue weighted by atomic mass is 10.3. The molecule has 0 unspecified atom stereocenters. The third-order valence-corrected chi connectivity index (χ3v) is 9.96. The number of nitrogens with zero attached hydrogens (tertiary/aromatic N) is 2. The van der Waals surface area contributed by atoms with Crippen molar-refractivity contribution < 1.29 is 19.7 Å². The Morgan fingerprint density at radius 3 is 1.19 bits per heavy atom. The van der Waals surface area contributed by atoms with E-state index in [1.165, 1.54) is 0 Å². The molecule has 0 radical (unpaired) electrons. The van der Waals surface area contributed by atoms with Gasteiger partial charge in [0.05, 0.1) is 18.8 Å². The van der Waals surface area contributed by atoms with Crippen molar-refractivity contribution in [2.24, 2.45) is 0 Å². The summed E-state index contributed by atoms with van der Waals surface area (Å²) in [6.45, 7) is 6.29. The van der Waals surface area contributed by atoms with Crippen molar-refractivity contribution >= 4 is 64.1 Å². The number of hydrogen-bond acceptors (Lipinski definition) is 8. The molecule has 5 rings (SSSR count). The molecule has 138 valence electrons. The Balaban J connectivity index is 1.76. The predicted octanol–water partition coefficient (Wildman–Crippen LogP) is 1.25. The Labute approximate surface area is 164 Å². The zero-order valence-electron chi connectivity index (χ0n) is 13.9. The molecule has 2 fully saturated rings. The highest BCUT2D eigenvalue weighted by molar-refractivity contribution is 7.39. The Morgan fingerprint density at radius 2 is 0.885 bits per heavy atom. The van der Waals surface area contributed by atoms with Gasteiger partial charge in [-0.2, -0.15) is 0 Å².